The summed E-state index contributed by atoms with van der Waals surface area (Å²) in [5.41, 5.74) is -1.83. The zero-order chi connectivity index (χ0) is 16.4. The van der Waals surface area contributed by atoms with E-state index in [9.17, 15) is 24.1 Å². The molecule has 7 nitrogen and oxygen atoms in total. The molecule has 21 heavy (non-hydrogen) atoms. The van der Waals surface area contributed by atoms with Crippen LogP contribution in [0.1, 0.15) is 31.1 Å². The second-order valence-corrected chi connectivity index (χ2v) is 5.53. The summed E-state index contributed by atoms with van der Waals surface area (Å²) < 4.78 is 13.6. The highest BCUT2D eigenvalue weighted by Crippen LogP contribution is 2.21. The molecule has 0 fully saturated rings. The Hall–Kier alpha value is -2.51. The minimum atomic E-state index is -1.28. The average Bonchev–Trinajstić information content (AvgIpc) is 2.33. The number of hydrogen-bond acceptors (Lipinski definition) is 4. The number of halogens is 1. The molecule has 1 atom stereocenters. The molecule has 0 aliphatic carbocycles. The molecule has 0 bridgehead atoms. The number of nitro groups is 1. The highest BCUT2D eigenvalue weighted by Gasteiger charge is 2.33. The number of nitrogens with zero attached hydrogens (tertiary/aromatic N) is 1. The molecule has 8 heteroatoms. The third-order valence-corrected chi connectivity index (χ3v) is 2.79. The van der Waals surface area contributed by atoms with Crippen LogP contribution in [0.5, 0.6) is 0 Å². The van der Waals surface area contributed by atoms with Gasteiger partial charge in [-0.15, -0.1) is 0 Å². The van der Waals surface area contributed by atoms with Crippen molar-refractivity contribution in [2.24, 2.45) is 5.41 Å². The fraction of sp³-hybridized carbons (Fsp3) is 0.385. The van der Waals surface area contributed by atoms with Crippen molar-refractivity contribution < 1.29 is 24.0 Å². The molecular formula is C13H15FN2O5. The number of nitro benzene ring substituents is 1. The van der Waals surface area contributed by atoms with E-state index in [1.807, 2.05) is 0 Å². The monoisotopic (exact) mass is 298 g/mol. The van der Waals surface area contributed by atoms with Gasteiger partial charge in [-0.3, -0.25) is 14.9 Å². The summed E-state index contributed by atoms with van der Waals surface area (Å²) in [4.78, 5) is 33.0. The zero-order valence-electron chi connectivity index (χ0n) is 11.7. The van der Waals surface area contributed by atoms with E-state index in [1.54, 1.807) is 20.8 Å². The molecule has 0 unspecified atom stereocenters. The maximum atomic E-state index is 13.6. The van der Waals surface area contributed by atoms with Crippen LogP contribution in [0.4, 0.5) is 10.1 Å². The highest BCUT2D eigenvalue weighted by atomic mass is 19.1. The molecule has 1 amide bonds. The average molecular weight is 298 g/mol. The minimum Gasteiger partial charge on any atom is -0.480 e. The van der Waals surface area contributed by atoms with Gasteiger partial charge in [-0.05, 0) is 11.5 Å². The summed E-state index contributed by atoms with van der Waals surface area (Å²) >= 11 is 0. The number of hydrogen-bond donors (Lipinski definition) is 2. The molecule has 0 saturated carbocycles. The molecule has 1 aromatic rings. The summed E-state index contributed by atoms with van der Waals surface area (Å²) in [6, 6.07) is 1.22. The molecule has 0 radical (unpaired) electrons. The van der Waals surface area contributed by atoms with E-state index in [4.69, 9.17) is 5.11 Å². The van der Waals surface area contributed by atoms with Crippen LogP contribution < -0.4 is 5.32 Å². The molecule has 1 aromatic carbocycles. The van der Waals surface area contributed by atoms with Crippen LogP contribution in [0.2, 0.25) is 0 Å². The van der Waals surface area contributed by atoms with Gasteiger partial charge in [-0.1, -0.05) is 20.8 Å². The maximum absolute atomic E-state index is 13.6. The number of carboxylic acid groups (broad SMARTS) is 1. The quantitative estimate of drug-likeness (QED) is 0.652. The van der Waals surface area contributed by atoms with Crippen molar-refractivity contribution in [3.8, 4) is 0 Å². The topological polar surface area (TPSA) is 110 Å². The van der Waals surface area contributed by atoms with Gasteiger partial charge in [0.25, 0.3) is 11.6 Å². The maximum Gasteiger partial charge on any atom is 0.326 e. The van der Waals surface area contributed by atoms with Crippen molar-refractivity contribution in [1.82, 2.24) is 5.32 Å². The molecule has 2 N–H and O–H groups in total. The van der Waals surface area contributed by atoms with Crippen molar-refractivity contribution in [3.05, 3.63) is 39.7 Å². The van der Waals surface area contributed by atoms with Gasteiger partial charge in [0.05, 0.1) is 10.5 Å². The Balaban J connectivity index is 3.11. The molecule has 0 spiro atoms. The van der Waals surface area contributed by atoms with Crippen molar-refractivity contribution >= 4 is 17.6 Å². The van der Waals surface area contributed by atoms with Gasteiger partial charge in [0.15, 0.2) is 0 Å². The van der Waals surface area contributed by atoms with Gasteiger partial charge in [-0.2, -0.15) is 0 Å². The predicted molar refractivity (Wildman–Crippen MR) is 71.4 cm³/mol. The van der Waals surface area contributed by atoms with Gasteiger partial charge < -0.3 is 10.4 Å². The number of carboxylic acids is 1. The molecule has 0 aliphatic rings. The first kappa shape index (κ1) is 16.5. The molecule has 114 valence electrons. The first-order valence-electron chi connectivity index (χ1n) is 6.01. The van der Waals surface area contributed by atoms with Crippen LogP contribution in [0, 0.1) is 21.3 Å². The Kier molecular flexibility index (Phi) is 4.62. The second kappa shape index (κ2) is 5.86. The Morgan fingerprint density at radius 1 is 1.38 bits per heavy atom. The molecule has 1 rings (SSSR count). The van der Waals surface area contributed by atoms with Crippen molar-refractivity contribution in [2.75, 3.05) is 0 Å². The second-order valence-electron chi connectivity index (χ2n) is 5.53. The molecule has 0 aromatic heterocycles. The fourth-order valence-corrected chi connectivity index (χ4v) is 1.66. The first-order chi connectivity index (χ1) is 9.54. The lowest BCUT2D eigenvalue weighted by Gasteiger charge is -2.27. The summed E-state index contributed by atoms with van der Waals surface area (Å²) in [7, 11) is 0. The number of amides is 1. The summed E-state index contributed by atoms with van der Waals surface area (Å²) in [6.07, 6.45) is 0. The number of benzene rings is 1. The minimum absolute atomic E-state index is 0.454. The summed E-state index contributed by atoms with van der Waals surface area (Å²) in [5, 5.41) is 21.9. The third-order valence-electron chi connectivity index (χ3n) is 2.79. The van der Waals surface area contributed by atoms with Gasteiger partial charge in [0.1, 0.15) is 11.9 Å². The Bertz CT molecular complexity index is 595. The number of non-ortho nitro benzene ring substituents is 1. The van der Waals surface area contributed by atoms with Crippen molar-refractivity contribution in [2.45, 2.75) is 26.8 Å². The van der Waals surface area contributed by atoms with Crippen molar-refractivity contribution in [3.63, 3.8) is 0 Å². The van der Waals surface area contributed by atoms with Gasteiger partial charge in [0.2, 0.25) is 0 Å². The summed E-state index contributed by atoms with van der Waals surface area (Å²) in [5.74, 6) is -3.25. The molecule has 0 aliphatic heterocycles. The van der Waals surface area contributed by atoms with Crippen LogP contribution in [0.3, 0.4) is 0 Å². The van der Waals surface area contributed by atoms with E-state index < -0.39 is 45.3 Å². The normalized spacial score (nSPS) is 12.6. The van der Waals surface area contributed by atoms with E-state index in [-0.39, 0.29) is 0 Å². The number of nitrogens with one attached hydrogen (secondary N) is 1. The molecular weight excluding hydrogens is 283 g/mol. The lowest BCUT2D eigenvalue weighted by atomic mass is 9.86. The lowest BCUT2D eigenvalue weighted by molar-refractivity contribution is -0.384. The number of rotatable bonds is 4. The van der Waals surface area contributed by atoms with E-state index in [0.29, 0.717) is 0 Å². The standard InChI is InChI=1S/C13H15FN2O5/c1-13(2,3)10(12(18)19)15-11(17)8-6-7(16(20)21)4-5-9(8)14/h4-6,10H,1-3H3,(H,15,17)(H,18,19)/t10-/m1/s1. The number of aliphatic carboxylic acids is 1. The largest absolute Gasteiger partial charge is 0.480 e. The lowest BCUT2D eigenvalue weighted by Crippen LogP contribution is -2.49. The summed E-state index contributed by atoms with van der Waals surface area (Å²) in [6.45, 7) is 4.78. The third kappa shape index (κ3) is 3.98. The fourth-order valence-electron chi connectivity index (χ4n) is 1.66. The van der Waals surface area contributed by atoms with E-state index >= 15 is 0 Å². The van der Waals surface area contributed by atoms with Crippen LogP contribution >= 0.6 is 0 Å². The smallest absolute Gasteiger partial charge is 0.326 e. The molecule has 0 saturated heterocycles. The van der Waals surface area contributed by atoms with Gasteiger partial charge in [-0.25, -0.2) is 9.18 Å². The van der Waals surface area contributed by atoms with Crippen LogP contribution in [-0.4, -0.2) is 27.9 Å². The zero-order valence-corrected chi connectivity index (χ0v) is 11.7. The Morgan fingerprint density at radius 3 is 2.38 bits per heavy atom. The predicted octanol–water partition coefficient (Wildman–Crippen LogP) is 1.96. The first-order valence-corrected chi connectivity index (χ1v) is 6.01. The van der Waals surface area contributed by atoms with Crippen LogP contribution in [-0.2, 0) is 4.79 Å². The Labute approximate surface area is 119 Å². The number of carbonyl (C=O) groups excluding carboxylic acids is 1. The molecule has 0 heterocycles. The van der Waals surface area contributed by atoms with Gasteiger partial charge >= 0.3 is 5.97 Å². The van der Waals surface area contributed by atoms with Gasteiger partial charge in [0, 0.05) is 12.1 Å². The number of carbonyl (C=O) groups is 2. The van der Waals surface area contributed by atoms with E-state index in [2.05, 4.69) is 5.32 Å². The van der Waals surface area contributed by atoms with Crippen LogP contribution in [0.15, 0.2) is 18.2 Å². The van der Waals surface area contributed by atoms with Crippen LogP contribution in [0.25, 0.3) is 0 Å². The highest BCUT2D eigenvalue weighted by molar-refractivity contribution is 5.97. The van der Waals surface area contributed by atoms with Crippen molar-refractivity contribution in [1.29, 1.82) is 0 Å². The SMILES string of the molecule is CC(C)(C)[C@H](NC(=O)c1cc([N+](=O)[O-])ccc1F)C(=O)O. The van der Waals surface area contributed by atoms with E-state index in [0.717, 1.165) is 18.2 Å². The van der Waals surface area contributed by atoms with E-state index in [1.165, 1.54) is 0 Å². The Morgan fingerprint density at radius 2 is 1.95 bits per heavy atom.